The molecular weight excluding hydrogens is 394 g/mol. The van der Waals surface area contributed by atoms with Crippen LogP contribution in [0.15, 0.2) is 33.8 Å². The summed E-state index contributed by atoms with van der Waals surface area (Å²) < 4.78 is 6.74. The fourth-order valence-electron chi connectivity index (χ4n) is 3.60. The molecular formula is C21H26BrNO3. The molecule has 0 spiro atoms. The largest absolute Gasteiger partial charge is 0.492 e. The molecule has 0 unspecified atom stereocenters. The molecule has 0 bridgehead atoms. The predicted molar refractivity (Wildman–Crippen MR) is 106 cm³/mol. The van der Waals surface area contributed by atoms with Crippen molar-refractivity contribution < 1.29 is 14.3 Å². The molecule has 2 amide bonds. The highest BCUT2D eigenvalue weighted by Gasteiger charge is 2.39. The van der Waals surface area contributed by atoms with Crippen LogP contribution >= 0.6 is 15.9 Å². The van der Waals surface area contributed by atoms with E-state index in [9.17, 15) is 9.59 Å². The van der Waals surface area contributed by atoms with E-state index in [4.69, 9.17) is 4.74 Å². The average molecular weight is 420 g/mol. The number of imide groups is 1. The Morgan fingerprint density at radius 2 is 1.65 bits per heavy atom. The van der Waals surface area contributed by atoms with Gasteiger partial charge < -0.3 is 4.74 Å². The highest BCUT2D eigenvalue weighted by atomic mass is 79.9. The molecule has 26 heavy (non-hydrogen) atoms. The quantitative estimate of drug-likeness (QED) is 0.410. The molecule has 0 fully saturated rings. The lowest BCUT2D eigenvalue weighted by Gasteiger charge is -2.17. The van der Waals surface area contributed by atoms with E-state index in [1.165, 1.54) is 24.2 Å². The fraction of sp³-hybridized carbons (Fsp3) is 0.524. The van der Waals surface area contributed by atoms with Crippen molar-refractivity contribution in [2.75, 3.05) is 11.5 Å². The van der Waals surface area contributed by atoms with Crippen LogP contribution in [0.2, 0.25) is 0 Å². The van der Waals surface area contributed by atoms with Gasteiger partial charge in [0.2, 0.25) is 0 Å². The van der Waals surface area contributed by atoms with Gasteiger partial charge >= 0.3 is 0 Å². The molecule has 0 N–H and O–H groups in total. The van der Waals surface area contributed by atoms with Crippen LogP contribution in [-0.2, 0) is 9.59 Å². The van der Waals surface area contributed by atoms with Crippen molar-refractivity contribution in [1.29, 1.82) is 0 Å². The fourth-order valence-corrected chi connectivity index (χ4v) is 3.96. The number of hydrogen-bond donors (Lipinski definition) is 0. The summed E-state index contributed by atoms with van der Waals surface area (Å²) in [7, 11) is 0. The van der Waals surface area contributed by atoms with Crippen molar-refractivity contribution in [3.8, 4) is 5.75 Å². The van der Waals surface area contributed by atoms with Gasteiger partial charge in [0.25, 0.3) is 11.8 Å². The molecule has 0 saturated heterocycles. The van der Waals surface area contributed by atoms with Gasteiger partial charge in [-0.1, -0.05) is 32.6 Å². The minimum absolute atomic E-state index is 0.155. The van der Waals surface area contributed by atoms with E-state index in [0.29, 0.717) is 42.0 Å². The van der Waals surface area contributed by atoms with E-state index in [2.05, 4.69) is 22.9 Å². The summed E-state index contributed by atoms with van der Waals surface area (Å²) in [6.45, 7) is 2.84. The maximum atomic E-state index is 12.7. The molecule has 1 aromatic rings. The van der Waals surface area contributed by atoms with Crippen molar-refractivity contribution in [2.45, 2.75) is 64.7 Å². The molecule has 0 saturated carbocycles. The van der Waals surface area contributed by atoms with E-state index in [0.717, 1.165) is 30.2 Å². The number of rotatable bonds is 8. The number of carbonyl (C=O) groups is 2. The molecule has 1 aliphatic carbocycles. The third-order valence-corrected chi connectivity index (χ3v) is 5.72. The van der Waals surface area contributed by atoms with Crippen molar-refractivity contribution in [3.63, 3.8) is 0 Å². The lowest BCUT2D eigenvalue weighted by Crippen LogP contribution is -2.31. The third kappa shape index (κ3) is 4.03. The van der Waals surface area contributed by atoms with Crippen LogP contribution in [0.3, 0.4) is 0 Å². The van der Waals surface area contributed by atoms with Gasteiger partial charge in [0, 0.05) is 17.2 Å². The van der Waals surface area contributed by atoms with Crippen LogP contribution in [0.25, 0.3) is 0 Å². The summed E-state index contributed by atoms with van der Waals surface area (Å²) >= 11 is 3.50. The van der Waals surface area contributed by atoms with Gasteiger partial charge in [0.1, 0.15) is 5.75 Å². The summed E-state index contributed by atoms with van der Waals surface area (Å²) in [4.78, 5) is 26.7. The first-order valence-corrected chi connectivity index (χ1v) is 10.5. The van der Waals surface area contributed by atoms with Gasteiger partial charge in [-0.2, -0.15) is 0 Å². The van der Waals surface area contributed by atoms with Crippen LogP contribution in [0, 0.1) is 0 Å². The lowest BCUT2D eigenvalue weighted by atomic mass is 9.93. The number of benzene rings is 1. The molecule has 5 heteroatoms. The average Bonchev–Trinajstić information content (AvgIpc) is 2.91. The van der Waals surface area contributed by atoms with Crippen molar-refractivity contribution in [1.82, 2.24) is 0 Å². The summed E-state index contributed by atoms with van der Waals surface area (Å²) in [6.07, 6.45) is 9.29. The first-order chi connectivity index (χ1) is 12.6. The second kappa shape index (κ2) is 8.85. The van der Waals surface area contributed by atoms with Crippen LogP contribution in [-0.4, -0.2) is 18.4 Å². The van der Waals surface area contributed by atoms with Crippen LogP contribution in [0.5, 0.6) is 5.75 Å². The molecule has 1 heterocycles. The maximum absolute atomic E-state index is 12.7. The van der Waals surface area contributed by atoms with E-state index < -0.39 is 0 Å². The van der Waals surface area contributed by atoms with E-state index in [1.807, 2.05) is 6.07 Å². The Hall–Kier alpha value is -1.62. The Kier molecular flexibility index (Phi) is 6.52. The number of carbonyl (C=O) groups excluding carboxylic acids is 2. The molecule has 4 nitrogen and oxygen atoms in total. The number of anilines is 1. The van der Waals surface area contributed by atoms with E-state index in [-0.39, 0.29) is 11.8 Å². The molecule has 2 aliphatic rings. The summed E-state index contributed by atoms with van der Waals surface area (Å²) in [5.41, 5.74) is 2.02. The monoisotopic (exact) mass is 419 g/mol. The maximum Gasteiger partial charge on any atom is 0.261 e. The number of halogens is 1. The topological polar surface area (TPSA) is 46.6 Å². The van der Waals surface area contributed by atoms with Gasteiger partial charge in [0.15, 0.2) is 0 Å². The minimum Gasteiger partial charge on any atom is -0.492 e. The van der Waals surface area contributed by atoms with Crippen LogP contribution < -0.4 is 9.64 Å². The van der Waals surface area contributed by atoms with E-state index in [1.54, 1.807) is 12.1 Å². The molecule has 140 valence electrons. The summed E-state index contributed by atoms with van der Waals surface area (Å²) in [5, 5.41) is 0. The van der Waals surface area contributed by atoms with Gasteiger partial charge in [0.05, 0.1) is 16.8 Å². The van der Waals surface area contributed by atoms with E-state index >= 15 is 0 Å². The Morgan fingerprint density at radius 3 is 2.31 bits per heavy atom. The SMILES string of the molecule is CCCCCCCOc1cc(N2C(=O)C3=C(CCCC3)C2=O)ccc1Br. The van der Waals surface area contributed by atoms with Gasteiger partial charge in [-0.15, -0.1) is 0 Å². The highest BCUT2D eigenvalue weighted by molar-refractivity contribution is 9.10. The number of hydrogen-bond acceptors (Lipinski definition) is 3. The highest BCUT2D eigenvalue weighted by Crippen LogP contribution is 2.38. The molecule has 1 aromatic carbocycles. The third-order valence-electron chi connectivity index (χ3n) is 5.07. The Labute approximate surface area is 163 Å². The van der Waals surface area contributed by atoms with Crippen LogP contribution in [0.1, 0.15) is 64.7 Å². The molecule has 3 rings (SSSR count). The molecule has 1 aliphatic heterocycles. The standard InChI is InChI=1S/C21H26BrNO3/c1-2-3-4-5-8-13-26-19-14-15(11-12-18(19)22)23-20(24)16-9-6-7-10-17(16)21(23)25/h11-12,14H,2-10,13H2,1H3. The Morgan fingerprint density at radius 1 is 1.00 bits per heavy atom. The zero-order valence-corrected chi connectivity index (χ0v) is 16.9. The second-order valence-corrected chi connectivity index (χ2v) is 7.84. The Balaban J connectivity index is 1.68. The van der Waals surface area contributed by atoms with Crippen LogP contribution in [0.4, 0.5) is 5.69 Å². The zero-order valence-electron chi connectivity index (χ0n) is 15.4. The van der Waals surface area contributed by atoms with Crippen molar-refractivity contribution in [2.24, 2.45) is 0 Å². The second-order valence-electron chi connectivity index (χ2n) is 6.99. The smallest absolute Gasteiger partial charge is 0.261 e. The first-order valence-electron chi connectivity index (χ1n) is 9.66. The minimum atomic E-state index is -0.155. The number of amides is 2. The van der Waals surface area contributed by atoms with Gasteiger partial charge in [-0.25, -0.2) is 4.90 Å². The predicted octanol–water partition coefficient (Wildman–Crippen LogP) is 5.54. The molecule has 0 radical (unpaired) electrons. The summed E-state index contributed by atoms with van der Waals surface area (Å²) in [5.74, 6) is 0.374. The normalized spacial score (nSPS) is 17.1. The van der Waals surface area contributed by atoms with Gasteiger partial charge in [-0.3, -0.25) is 9.59 Å². The van der Waals surface area contributed by atoms with Crippen molar-refractivity contribution in [3.05, 3.63) is 33.8 Å². The first kappa shape index (κ1) is 19.2. The Bertz CT molecular complexity index is 698. The summed E-state index contributed by atoms with van der Waals surface area (Å²) in [6, 6.07) is 5.44. The molecule has 0 aromatic heterocycles. The van der Waals surface area contributed by atoms with Gasteiger partial charge in [-0.05, 0) is 60.2 Å². The number of nitrogens with zero attached hydrogens (tertiary/aromatic N) is 1. The zero-order chi connectivity index (χ0) is 18.5. The van der Waals surface area contributed by atoms with Crippen molar-refractivity contribution >= 4 is 33.4 Å². The lowest BCUT2D eigenvalue weighted by molar-refractivity contribution is -0.120. The number of unbranched alkanes of at least 4 members (excludes halogenated alkanes) is 4. The number of ether oxygens (including phenoxy) is 1. The molecule has 0 atom stereocenters.